The van der Waals surface area contributed by atoms with E-state index in [4.69, 9.17) is 15.2 Å². The molecule has 0 unspecified atom stereocenters. The molecule has 2 aromatic heterocycles. The van der Waals surface area contributed by atoms with E-state index in [1.165, 1.54) is 24.3 Å². The molecule has 1 aliphatic rings. The molecule has 5 rings (SSSR count). The number of ether oxygens (including phenoxy) is 2. The number of amides is 2. The second-order valence-corrected chi connectivity index (χ2v) is 11.5. The number of halogens is 7. The van der Waals surface area contributed by atoms with Crippen molar-refractivity contribution in [1.29, 1.82) is 0 Å². The van der Waals surface area contributed by atoms with Gasteiger partial charge in [0.25, 0.3) is 5.91 Å². The number of aromatic nitrogens is 2. The van der Waals surface area contributed by atoms with Crippen molar-refractivity contribution in [2.75, 3.05) is 13.2 Å². The smallest absolute Gasteiger partial charge is 0.424 e. The predicted octanol–water partition coefficient (Wildman–Crippen LogP) is 6.12. The van der Waals surface area contributed by atoms with Crippen LogP contribution in [0.5, 0.6) is 11.5 Å². The molecule has 4 N–H and O–H groups in total. The highest BCUT2D eigenvalue weighted by atomic mass is 19.4. The summed E-state index contributed by atoms with van der Waals surface area (Å²) in [5, 5.41) is 13.3. The molecule has 50 heavy (non-hydrogen) atoms. The minimum Gasteiger partial charge on any atom is -0.491 e. The Hall–Kier alpha value is -5.25. The van der Waals surface area contributed by atoms with Crippen molar-refractivity contribution in [3.05, 3.63) is 95.2 Å². The number of aliphatic hydroxyl groups is 1. The molecule has 0 radical (unpaired) electrons. The monoisotopic (exact) mass is 706 g/mol. The zero-order valence-corrected chi connectivity index (χ0v) is 26.2. The number of benzene rings is 2. The molecule has 0 saturated heterocycles. The summed E-state index contributed by atoms with van der Waals surface area (Å²) in [6, 6.07) is 9.69. The summed E-state index contributed by atoms with van der Waals surface area (Å²) in [7, 11) is 0. The first-order valence-corrected chi connectivity index (χ1v) is 15.1. The van der Waals surface area contributed by atoms with E-state index in [0.29, 0.717) is 19.0 Å². The Kier molecular flexibility index (Phi) is 10.0. The second kappa shape index (κ2) is 13.9. The van der Waals surface area contributed by atoms with E-state index in [1.54, 1.807) is 6.92 Å². The number of nitrogens with two attached hydrogens (primary N) is 1. The summed E-state index contributed by atoms with van der Waals surface area (Å²) >= 11 is 0. The Morgan fingerprint density at radius 2 is 1.68 bits per heavy atom. The van der Waals surface area contributed by atoms with Crippen LogP contribution < -0.4 is 20.5 Å². The van der Waals surface area contributed by atoms with Gasteiger partial charge in [0, 0.05) is 40.2 Å². The van der Waals surface area contributed by atoms with Gasteiger partial charge in [-0.15, -0.1) is 0 Å². The molecule has 1 fully saturated rings. The van der Waals surface area contributed by atoms with E-state index >= 15 is 0 Å². The molecule has 0 bridgehead atoms. The van der Waals surface area contributed by atoms with E-state index in [0.717, 1.165) is 36.5 Å². The third-order valence-corrected chi connectivity index (χ3v) is 7.65. The maximum absolute atomic E-state index is 14.7. The lowest BCUT2D eigenvalue weighted by Gasteiger charge is -2.31. The maximum Gasteiger partial charge on any atom is 0.424 e. The van der Waals surface area contributed by atoms with Crippen LogP contribution in [-0.4, -0.2) is 52.3 Å². The number of nitrogens with zero attached hydrogens (tertiary/aromatic N) is 2. The van der Waals surface area contributed by atoms with Crippen molar-refractivity contribution in [3.8, 4) is 33.9 Å². The third-order valence-electron chi connectivity index (χ3n) is 7.65. The fraction of sp³-hybridized carbons (Fsp3) is 0.294. The Balaban J connectivity index is 1.53. The summed E-state index contributed by atoms with van der Waals surface area (Å²) < 4.78 is 110. The molecule has 2 aromatic carbocycles. The molecule has 16 heteroatoms. The standard InChI is InChI=1S/C34H29F7N4O5/c1-2-49-30-20(14-28(42)46)13-27(45-29(30)18-3-6-23(35)7-4-18)32(48,34(39,40)41)17-44-31(47)19-5-10-26(50-24-8-9-24)25(12-19)21-11-22(16-43-15-21)33(36,37)38/h3-7,10-13,15-16,24,48H,2,8-9,14,17H2,1H3,(H2,42,46)(H,44,47)/t32-/m0/s1. The first-order valence-electron chi connectivity index (χ1n) is 15.1. The number of alkyl halides is 6. The lowest BCUT2D eigenvalue weighted by molar-refractivity contribution is -0.265. The Morgan fingerprint density at radius 1 is 0.980 bits per heavy atom. The van der Waals surface area contributed by atoms with Gasteiger partial charge in [-0.1, -0.05) is 0 Å². The van der Waals surface area contributed by atoms with Gasteiger partial charge in [0.05, 0.1) is 36.9 Å². The van der Waals surface area contributed by atoms with Gasteiger partial charge in [0.2, 0.25) is 11.5 Å². The number of carbonyl (C=O) groups excluding carboxylic acids is 2. The summed E-state index contributed by atoms with van der Waals surface area (Å²) in [6.07, 6.45) is -7.90. The number of hydrogen-bond acceptors (Lipinski definition) is 7. The maximum atomic E-state index is 14.7. The first kappa shape index (κ1) is 36.0. The van der Waals surface area contributed by atoms with E-state index in [9.17, 15) is 45.4 Å². The number of nitrogens with one attached hydrogen (secondary N) is 1. The normalized spacial score (nSPS) is 14.5. The highest BCUT2D eigenvalue weighted by Gasteiger charge is 2.57. The quantitative estimate of drug-likeness (QED) is 0.151. The van der Waals surface area contributed by atoms with Crippen molar-refractivity contribution in [2.45, 2.75) is 50.2 Å². The minimum atomic E-state index is -5.47. The highest BCUT2D eigenvalue weighted by molar-refractivity contribution is 5.96. The van der Waals surface area contributed by atoms with Gasteiger partial charge in [-0.05, 0) is 74.4 Å². The number of carbonyl (C=O) groups is 2. The largest absolute Gasteiger partial charge is 0.491 e. The molecule has 0 spiro atoms. The number of primary amides is 1. The van der Waals surface area contributed by atoms with Gasteiger partial charge in [-0.2, -0.15) is 26.3 Å². The van der Waals surface area contributed by atoms with Crippen LogP contribution in [0.1, 0.15) is 46.9 Å². The molecular formula is C34H29F7N4O5. The van der Waals surface area contributed by atoms with Gasteiger partial charge in [0.15, 0.2) is 0 Å². The molecule has 264 valence electrons. The predicted molar refractivity (Wildman–Crippen MR) is 164 cm³/mol. The molecule has 9 nitrogen and oxygen atoms in total. The van der Waals surface area contributed by atoms with Crippen LogP contribution in [0.4, 0.5) is 30.7 Å². The lowest BCUT2D eigenvalue weighted by Crippen LogP contribution is -2.51. The van der Waals surface area contributed by atoms with E-state index in [1.807, 2.05) is 5.32 Å². The first-order chi connectivity index (χ1) is 23.5. The summed E-state index contributed by atoms with van der Waals surface area (Å²) in [6.45, 7) is 0.0666. The van der Waals surface area contributed by atoms with Crippen LogP contribution in [0, 0.1) is 5.82 Å². The SMILES string of the molecule is CCOc1c(CC(N)=O)cc([C@@](O)(CNC(=O)c2ccc(OC3CC3)c(-c3cncc(C(F)(F)F)c3)c2)C(F)(F)F)nc1-c1ccc(F)cc1. The molecule has 4 aromatic rings. The average molecular weight is 707 g/mol. The van der Waals surface area contributed by atoms with Crippen molar-refractivity contribution in [1.82, 2.24) is 15.3 Å². The zero-order valence-electron chi connectivity index (χ0n) is 26.2. The lowest BCUT2D eigenvalue weighted by atomic mass is 9.93. The minimum absolute atomic E-state index is 0.0103. The molecular weight excluding hydrogens is 677 g/mol. The van der Waals surface area contributed by atoms with Crippen LogP contribution in [-0.2, 0) is 23.0 Å². The van der Waals surface area contributed by atoms with Crippen LogP contribution in [0.15, 0.2) is 67.0 Å². The fourth-order valence-corrected chi connectivity index (χ4v) is 4.98. The number of hydrogen-bond donors (Lipinski definition) is 3. The average Bonchev–Trinajstić information content (AvgIpc) is 3.88. The van der Waals surface area contributed by atoms with Crippen molar-refractivity contribution < 1.29 is 54.9 Å². The van der Waals surface area contributed by atoms with Gasteiger partial charge < -0.3 is 25.6 Å². The summed E-state index contributed by atoms with van der Waals surface area (Å²) in [5.74, 6) is -2.73. The van der Waals surface area contributed by atoms with Crippen LogP contribution in [0.25, 0.3) is 22.4 Å². The van der Waals surface area contributed by atoms with Crippen LogP contribution >= 0.6 is 0 Å². The Labute approximate surface area is 280 Å². The summed E-state index contributed by atoms with van der Waals surface area (Å²) in [5.41, 5.74) is -1.26. The number of pyridine rings is 2. The highest BCUT2D eigenvalue weighted by Crippen LogP contribution is 2.42. The van der Waals surface area contributed by atoms with Crippen molar-refractivity contribution in [3.63, 3.8) is 0 Å². The van der Waals surface area contributed by atoms with E-state index < -0.39 is 59.8 Å². The van der Waals surface area contributed by atoms with Crippen molar-refractivity contribution in [2.24, 2.45) is 5.73 Å². The van der Waals surface area contributed by atoms with Gasteiger partial charge in [-0.25, -0.2) is 9.37 Å². The Bertz CT molecular complexity index is 1900. The van der Waals surface area contributed by atoms with E-state index in [-0.39, 0.29) is 57.7 Å². The fourth-order valence-electron chi connectivity index (χ4n) is 4.98. The van der Waals surface area contributed by atoms with Gasteiger partial charge in [-0.3, -0.25) is 14.6 Å². The van der Waals surface area contributed by atoms with E-state index in [2.05, 4.69) is 9.97 Å². The zero-order chi connectivity index (χ0) is 36.4. The van der Waals surface area contributed by atoms with Gasteiger partial charge in [0.1, 0.15) is 23.0 Å². The van der Waals surface area contributed by atoms with Gasteiger partial charge >= 0.3 is 12.4 Å². The van der Waals surface area contributed by atoms with Crippen LogP contribution in [0.3, 0.4) is 0 Å². The molecule has 2 amide bonds. The second-order valence-electron chi connectivity index (χ2n) is 11.5. The molecule has 1 aliphatic carbocycles. The topological polar surface area (TPSA) is 137 Å². The molecule has 2 heterocycles. The third kappa shape index (κ3) is 7.96. The molecule has 1 saturated carbocycles. The van der Waals surface area contributed by atoms with Crippen LogP contribution in [0.2, 0.25) is 0 Å². The Morgan fingerprint density at radius 3 is 2.28 bits per heavy atom. The summed E-state index contributed by atoms with van der Waals surface area (Å²) in [4.78, 5) is 32.9. The number of rotatable bonds is 12. The van der Waals surface area contributed by atoms with Crippen molar-refractivity contribution >= 4 is 11.8 Å². The molecule has 0 aliphatic heterocycles. The molecule has 1 atom stereocenters.